The van der Waals surface area contributed by atoms with Crippen LogP contribution in [-0.2, 0) is 22.5 Å². The summed E-state index contributed by atoms with van der Waals surface area (Å²) in [6.07, 6.45) is 0.883. The summed E-state index contributed by atoms with van der Waals surface area (Å²) in [4.78, 5) is 25.0. The van der Waals surface area contributed by atoms with Crippen molar-refractivity contribution in [1.29, 1.82) is 0 Å². The minimum Gasteiger partial charge on any atom is -0.453 e. The predicted molar refractivity (Wildman–Crippen MR) is 103 cm³/mol. The molecule has 6 heteroatoms. The highest BCUT2D eigenvalue weighted by molar-refractivity contribution is 7.21. The molecule has 0 unspecified atom stereocenters. The van der Waals surface area contributed by atoms with Gasteiger partial charge in [0.1, 0.15) is 10.7 Å². The maximum absolute atomic E-state index is 14.2. The van der Waals surface area contributed by atoms with Crippen molar-refractivity contribution in [2.45, 2.75) is 20.0 Å². The Morgan fingerprint density at radius 2 is 1.85 bits per heavy atom. The molecule has 0 radical (unpaired) electrons. The number of Topliss-reactive ketones (excluding diaryl/α,β-unsaturated/α-hetero) is 1. The molecule has 0 saturated heterocycles. The Labute approximate surface area is 160 Å². The number of esters is 1. The highest BCUT2D eigenvalue weighted by atomic mass is 32.1. The molecule has 0 N–H and O–H groups in total. The fraction of sp³-hybridized carbons (Fsp3) is 0.238. The van der Waals surface area contributed by atoms with Crippen molar-refractivity contribution in [3.63, 3.8) is 0 Å². The molecule has 0 amide bonds. The van der Waals surface area contributed by atoms with Crippen LogP contribution in [0.2, 0.25) is 0 Å². The number of fused-ring (bicyclic) bond motifs is 1. The van der Waals surface area contributed by atoms with Gasteiger partial charge in [-0.15, -0.1) is 11.3 Å². The van der Waals surface area contributed by atoms with E-state index < -0.39 is 11.8 Å². The van der Waals surface area contributed by atoms with Gasteiger partial charge in [-0.3, -0.25) is 4.79 Å². The highest BCUT2D eigenvalue weighted by Crippen LogP contribution is 2.34. The monoisotopic (exact) mass is 386 g/mol. The van der Waals surface area contributed by atoms with Gasteiger partial charge in [-0.25, -0.2) is 9.18 Å². The molecule has 0 fully saturated rings. The normalized spacial score (nSPS) is 10.9. The third kappa shape index (κ3) is 4.07. The molecular formula is C21H19FO4S. The fourth-order valence-electron chi connectivity index (χ4n) is 2.82. The first kappa shape index (κ1) is 19.2. The summed E-state index contributed by atoms with van der Waals surface area (Å²) in [6.45, 7) is 1.75. The van der Waals surface area contributed by atoms with Crippen molar-refractivity contribution in [2.75, 3.05) is 13.7 Å². The second kappa shape index (κ2) is 8.41. The lowest BCUT2D eigenvalue weighted by molar-refractivity contribution is 0.0476. The summed E-state index contributed by atoms with van der Waals surface area (Å²) in [5.41, 5.74) is 2.06. The second-order valence-corrected chi connectivity index (χ2v) is 7.06. The molecular weight excluding hydrogens is 367 g/mol. The van der Waals surface area contributed by atoms with Gasteiger partial charge in [0.2, 0.25) is 0 Å². The van der Waals surface area contributed by atoms with Crippen LogP contribution in [0.3, 0.4) is 0 Å². The summed E-state index contributed by atoms with van der Waals surface area (Å²) in [7, 11) is 1.48. The minimum absolute atomic E-state index is 0.0811. The number of hydrogen-bond acceptors (Lipinski definition) is 5. The zero-order valence-corrected chi connectivity index (χ0v) is 15.9. The van der Waals surface area contributed by atoms with Crippen LogP contribution in [0.25, 0.3) is 10.1 Å². The van der Waals surface area contributed by atoms with Crippen molar-refractivity contribution in [3.05, 3.63) is 69.8 Å². The van der Waals surface area contributed by atoms with Crippen LogP contribution in [0, 0.1) is 5.82 Å². The Morgan fingerprint density at radius 3 is 2.52 bits per heavy atom. The van der Waals surface area contributed by atoms with E-state index in [-0.39, 0.29) is 23.9 Å². The maximum atomic E-state index is 14.2. The zero-order chi connectivity index (χ0) is 19.4. The van der Waals surface area contributed by atoms with E-state index in [0.717, 1.165) is 23.3 Å². The largest absolute Gasteiger partial charge is 0.453 e. The number of carbonyl (C=O) groups is 2. The fourth-order valence-corrected chi connectivity index (χ4v) is 3.94. The van der Waals surface area contributed by atoms with Gasteiger partial charge >= 0.3 is 5.97 Å². The molecule has 0 aliphatic rings. The average Bonchev–Trinajstić information content (AvgIpc) is 3.06. The van der Waals surface area contributed by atoms with E-state index in [1.165, 1.54) is 13.2 Å². The molecule has 1 aromatic heterocycles. The van der Waals surface area contributed by atoms with Crippen molar-refractivity contribution in [2.24, 2.45) is 0 Å². The van der Waals surface area contributed by atoms with Crippen molar-refractivity contribution in [1.82, 2.24) is 0 Å². The highest BCUT2D eigenvalue weighted by Gasteiger charge is 2.22. The van der Waals surface area contributed by atoms with Crippen LogP contribution < -0.4 is 0 Å². The number of ether oxygens (including phenoxy) is 2. The lowest BCUT2D eigenvalue weighted by Gasteiger charge is -2.06. The van der Waals surface area contributed by atoms with Gasteiger partial charge in [0.05, 0.1) is 6.61 Å². The van der Waals surface area contributed by atoms with Crippen molar-refractivity contribution >= 4 is 33.2 Å². The quantitative estimate of drug-likeness (QED) is 0.433. The molecule has 3 rings (SSSR count). The number of ketones is 1. The molecule has 2 aromatic carbocycles. The third-order valence-electron chi connectivity index (χ3n) is 4.26. The number of carbonyl (C=O) groups excluding carboxylic acids is 2. The van der Waals surface area contributed by atoms with Crippen LogP contribution in [0.4, 0.5) is 4.39 Å². The van der Waals surface area contributed by atoms with E-state index in [9.17, 15) is 14.0 Å². The summed E-state index contributed by atoms with van der Waals surface area (Å²) >= 11 is 1.13. The molecule has 0 aliphatic carbocycles. The van der Waals surface area contributed by atoms with Crippen molar-refractivity contribution in [3.8, 4) is 0 Å². The van der Waals surface area contributed by atoms with Gasteiger partial charge in [0.25, 0.3) is 0 Å². The standard InChI is InChI=1S/C21H19FO4S/c1-3-13-7-9-14(10-8-13)17(23)12-26-21(24)20-15(11-25-2)19-16(22)5-4-6-18(19)27-20/h4-10H,3,11-12H2,1-2H3. The lowest BCUT2D eigenvalue weighted by Crippen LogP contribution is -2.14. The van der Waals surface area contributed by atoms with E-state index in [0.29, 0.717) is 21.2 Å². The van der Waals surface area contributed by atoms with E-state index in [4.69, 9.17) is 9.47 Å². The summed E-state index contributed by atoms with van der Waals surface area (Å²) < 4.78 is 25.1. The van der Waals surface area contributed by atoms with Gasteiger partial charge < -0.3 is 9.47 Å². The molecule has 0 bridgehead atoms. The topological polar surface area (TPSA) is 52.6 Å². The second-order valence-electron chi connectivity index (χ2n) is 6.01. The molecule has 4 nitrogen and oxygen atoms in total. The molecule has 0 saturated carbocycles. The first-order chi connectivity index (χ1) is 13.0. The van der Waals surface area contributed by atoms with Crippen LogP contribution in [0.1, 0.15) is 38.1 Å². The number of halogens is 1. The number of methoxy groups -OCH3 is 1. The number of rotatable bonds is 7. The molecule has 27 heavy (non-hydrogen) atoms. The molecule has 0 atom stereocenters. The third-order valence-corrected chi connectivity index (χ3v) is 5.43. The average molecular weight is 386 g/mol. The first-order valence-electron chi connectivity index (χ1n) is 8.53. The molecule has 0 spiro atoms. The summed E-state index contributed by atoms with van der Waals surface area (Å²) in [5.74, 6) is -1.35. The van der Waals surface area contributed by atoms with Gasteiger partial charge in [-0.1, -0.05) is 37.3 Å². The van der Waals surface area contributed by atoms with Gasteiger partial charge in [0, 0.05) is 28.3 Å². The Kier molecular flexibility index (Phi) is 5.98. The Morgan fingerprint density at radius 1 is 1.11 bits per heavy atom. The van der Waals surface area contributed by atoms with Gasteiger partial charge in [-0.05, 0) is 24.1 Å². The Hall–Kier alpha value is -2.57. The minimum atomic E-state index is -0.652. The summed E-state index contributed by atoms with van der Waals surface area (Å²) in [5, 5.41) is 0.359. The van der Waals surface area contributed by atoms with E-state index >= 15 is 0 Å². The molecule has 3 aromatic rings. The van der Waals surface area contributed by atoms with E-state index in [1.54, 1.807) is 24.3 Å². The molecule has 0 aliphatic heterocycles. The smallest absolute Gasteiger partial charge is 0.349 e. The number of hydrogen-bond donors (Lipinski definition) is 0. The van der Waals surface area contributed by atoms with Crippen LogP contribution >= 0.6 is 11.3 Å². The lowest BCUT2D eigenvalue weighted by atomic mass is 10.1. The molecule has 140 valence electrons. The Bertz CT molecular complexity index is 976. The van der Waals surface area contributed by atoms with E-state index in [1.807, 2.05) is 19.1 Å². The Balaban J connectivity index is 1.78. The van der Waals surface area contributed by atoms with Crippen LogP contribution in [-0.4, -0.2) is 25.5 Å². The number of aryl methyl sites for hydroxylation is 1. The maximum Gasteiger partial charge on any atom is 0.349 e. The van der Waals surface area contributed by atoms with Crippen LogP contribution in [0.15, 0.2) is 42.5 Å². The van der Waals surface area contributed by atoms with Gasteiger partial charge in [0.15, 0.2) is 12.4 Å². The van der Waals surface area contributed by atoms with E-state index in [2.05, 4.69) is 0 Å². The summed E-state index contributed by atoms with van der Waals surface area (Å²) in [6, 6.07) is 11.9. The first-order valence-corrected chi connectivity index (χ1v) is 9.34. The van der Waals surface area contributed by atoms with Gasteiger partial charge in [-0.2, -0.15) is 0 Å². The number of benzene rings is 2. The predicted octanol–water partition coefficient (Wildman–Crippen LogP) is 4.79. The SMILES string of the molecule is CCc1ccc(C(=O)COC(=O)c2sc3cccc(F)c3c2COC)cc1. The zero-order valence-electron chi connectivity index (χ0n) is 15.1. The molecule has 1 heterocycles. The number of thiophene rings is 1. The van der Waals surface area contributed by atoms with Crippen LogP contribution in [0.5, 0.6) is 0 Å². The van der Waals surface area contributed by atoms with Crippen molar-refractivity contribution < 1.29 is 23.5 Å².